The van der Waals surface area contributed by atoms with Gasteiger partial charge in [0.15, 0.2) is 0 Å². The SMILES string of the molecule is Cl.Cl.NC(Cc1ccccc1)C(=O)NCCCN1CCc2ccccc21. The van der Waals surface area contributed by atoms with E-state index in [-0.39, 0.29) is 30.7 Å². The lowest BCUT2D eigenvalue weighted by Crippen LogP contribution is -2.42. The molecule has 3 N–H and O–H groups in total. The number of nitrogens with one attached hydrogen (secondary N) is 1. The van der Waals surface area contributed by atoms with Crippen molar-refractivity contribution in [3.8, 4) is 0 Å². The number of hydrogen-bond acceptors (Lipinski definition) is 3. The number of nitrogens with zero attached hydrogens (tertiary/aromatic N) is 1. The van der Waals surface area contributed by atoms with Crippen LogP contribution >= 0.6 is 24.8 Å². The maximum absolute atomic E-state index is 12.1. The molecule has 0 spiro atoms. The molecule has 1 aliphatic rings. The Labute approximate surface area is 168 Å². The van der Waals surface area contributed by atoms with Crippen LogP contribution in [0.25, 0.3) is 0 Å². The summed E-state index contributed by atoms with van der Waals surface area (Å²) in [5, 5.41) is 2.96. The molecule has 0 aromatic heterocycles. The summed E-state index contributed by atoms with van der Waals surface area (Å²) >= 11 is 0. The fourth-order valence-electron chi connectivity index (χ4n) is 3.21. The number of para-hydroxylation sites is 1. The second-order valence-corrected chi connectivity index (χ2v) is 6.31. The zero-order valence-corrected chi connectivity index (χ0v) is 16.4. The van der Waals surface area contributed by atoms with Crippen LogP contribution in [-0.4, -0.2) is 31.6 Å². The van der Waals surface area contributed by atoms with Gasteiger partial charge in [0, 0.05) is 25.3 Å². The molecule has 142 valence electrons. The molecule has 2 aromatic rings. The fraction of sp³-hybridized carbons (Fsp3) is 0.350. The zero-order valence-electron chi connectivity index (χ0n) is 14.8. The Morgan fingerprint density at radius 1 is 1.08 bits per heavy atom. The number of fused-ring (bicyclic) bond motifs is 1. The first-order valence-corrected chi connectivity index (χ1v) is 8.64. The lowest BCUT2D eigenvalue weighted by molar-refractivity contribution is -0.122. The number of halogens is 2. The highest BCUT2D eigenvalue weighted by Gasteiger charge is 2.18. The summed E-state index contributed by atoms with van der Waals surface area (Å²) in [7, 11) is 0. The Balaban J connectivity index is 0.00000169. The summed E-state index contributed by atoms with van der Waals surface area (Å²) in [6.07, 6.45) is 2.62. The maximum Gasteiger partial charge on any atom is 0.237 e. The molecule has 1 atom stereocenters. The second-order valence-electron chi connectivity index (χ2n) is 6.31. The molecule has 0 aliphatic carbocycles. The van der Waals surface area contributed by atoms with Crippen molar-refractivity contribution in [3.05, 3.63) is 65.7 Å². The van der Waals surface area contributed by atoms with E-state index in [9.17, 15) is 4.79 Å². The van der Waals surface area contributed by atoms with Crippen molar-refractivity contribution in [1.29, 1.82) is 0 Å². The van der Waals surface area contributed by atoms with E-state index in [0.717, 1.165) is 31.5 Å². The van der Waals surface area contributed by atoms with Gasteiger partial charge in [0.05, 0.1) is 6.04 Å². The third-order valence-corrected chi connectivity index (χ3v) is 4.52. The number of hydrogen-bond donors (Lipinski definition) is 2. The first kappa shape index (κ1) is 22.3. The average Bonchev–Trinajstić information content (AvgIpc) is 3.02. The monoisotopic (exact) mass is 395 g/mol. The van der Waals surface area contributed by atoms with Crippen LogP contribution in [-0.2, 0) is 17.6 Å². The van der Waals surface area contributed by atoms with E-state index >= 15 is 0 Å². The van der Waals surface area contributed by atoms with Gasteiger partial charge in [0.25, 0.3) is 0 Å². The van der Waals surface area contributed by atoms with Crippen molar-refractivity contribution < 1.29 is 4.79 Å². The highest BCUT2D eigenvalue weighted by molar-refractivity contribution is 5.85. The smallest absolute Gasteiger partial charge is 0.237 e. The molecule has 0 saturated carbocycles. The minimum Gasteiger partial charge on any atom is -0.371 e. The molecule has 4 nitrogen and oxygen atoms in total. The topological polar surface area (TPSA) is 58.4 Å². The number of nitrogens with two attached hydrogens (primary N) is 1. The van der Waals surface area contributed by atoms with Crippen LogP contribution < -0.4 is 16.0 Å². The number of rotatable bonds is 7. The van der Waals surface area contributed by atoms with Crippen molar-refractivity contribution in [2.45, 2.75) is 25.3 Å². The van der Waals surface area contributed by atoms with Crippen LogP contribution in [0, 0.1) is 0 Å². The van der Waals surface area contributed by atoms with Crippen LogP contribution in [0.15, 0.2) is 54.6 Å². The summed E-state index contributed by atoms with van der Waals surface area (Å²) < 4.78 is 0. The van der Waals surface area contributed by atoms with E-state index in [1.165, 1.54) is 11.3 Å². The van der Waals surface area contributed by atoms with Crippen molar-refractivity contribution in [3.63, 3.8) is 0 Å². The molecule has 1 heterocycles. The molecular weight excluding hydrogens is 369 g/mol. The Morgan fingerprint density at radius 3 is 2.54 bits per heavy atom. The van der Waals surface area contributed by atoms with Gasteiger partial charge in [-0.1, -0.05) is 48.5 Å². The zero-order chi connectivity index (χ0) is 16.8. The second kappa shape index (κ2) is 11.1. The van der Waals surface area contributed by atoms with Gasteiger partial charge < -0.3 is 16.0 Å². The molecular formula is C20H27Cl2N3O. The predicted molar refractivity (Wildman–Crippen MR) is 113 cm³/mol. The summed E-state index contributed by atoms with van der Waals surface area (Å²) in [6, 6.07) is 18.0. The van der Waals surface area contributed by atoms with Crippen LogP contribution in [0.1, 0.15) is 17.5 Å². The average molecular weight is 396 g/mol. The predicted octanol–water partition coefficient (Wildman–Crippen LogP) is 2.97. The molecule has 1 aliphatic heterocycles. The normalized spacial score (nSPS) is 13.2. The number of anilines is 1. The minimum atomic E-state index is -0.486. The van der Waals surface area contributed by atoms with Crippen LogP contribution in [0.3, 0.4) is 0 Å². The Hall–Kier alpha value is -1.75. The van der Waals surface area contributed by atoms with Gasteiger partial charge in [-0.05, 0) is 36.5 Å². The highest BCUT2D eigenvalue weighted by Crippen LogP contribution is 2.27. The molecule has 2 aromatic carbocycles. The largest absolute Gasteiger partial charge is 0.371 e. The third kappa shape index (κ3) is 5.90. The molecule has 0 bridgehead atoms. The number of amides is 1. The van der Waals surface area contributed by atoms with Gasteiger partial charge in [-0.15, -0.1) is 24.8 Å². The van der Waals surface area contributed by atoms with Crippen LogP contribution in [0.4, 0.5) is 5.69 Å². The van der Waals surface area contributed by atoms with Crippen molar-refractivity contribution in [2.24, 2.45) is 5.73 Å². The summed E-state index contributed by atoms with van der Waals surface area (Å²) in [4.78, 5) is 14.5. The lowest BCUT2D eigenvalue weighted by atomic mass is 10.1. The quantitative estimate of drug-likeness (QED) is 0.708. The summed E-state index contributed by atoms with van der Waals surface area (Å²) in [6.45, 7) is 2.70. The Kier molecular flexibility index (Phi) is 9.49. The van der Waals surface area contributed by atoms with Crippen LogP contribution in [0.5, 0.6) is 0 Å². The molecule has 1 unspecified atom stereocenters. The molecule has 0 saturated heterocycles. The molecule has 26 heavy (non-hydrogen) atoms. The lowest BCUT2D eigenvalue weighted by Gasteiger charge is -2.19. The Morgan fingerprint density at radius 2 is 1.77 bits per heavy atom. The van der Waals surface area contributed by atoms with Gasteiger partial charge in [-0.3, -0.25) is 4.79 Å². The van der Waals surface area contributed by atoms with Gasteiger partial charge in [-0.2, -0.15) is 0 Å². The van der Waals surface area contributed by atoms with E-state index in [0.29, 0.717) is 13.0 Å². The molecule has 3 rings (SSSR count). The fourth-order valence-corrected chi connectivity index (χ4v) is 3.21. The van der Waals surface area contributed by atoms with Crippen molar-refractivity contribution >= 4 is 36.4 Å². The van der Waals surface area contributed by atoms with E-state index in [2.05, 4.69) is 34.5 Å². The number of benzene rings is 2. The van der Waals surface area contributed by atoms with Crippen molar-refractivity contribution in [2.75, 3.05) is 24.5 Å². The first-order valence-electron chi connectivity index (χ1n) is 8.64. The third-order valence-electron chi connectivity index (χ3n) is 4.52. The first-order chi connectivity index (χ1) is 11.7. The van der Waals surface area contributed by atoms with Gasteiger partial charge in [-0.25, -0.2) is 0 Å². The molecule has 0 radical (unpaired) electrons. The highest BCUT2D eigenvalue weighted by atomic mass is 35.5. The van der Waals surface area contributed by atoms with Gasteiger partial charge >= 0.3 is 0 Å². The minimum absolute atomic E-state index is 0. The van der Waals surface area contributed by atoms with Crippen LogP contribution in [0.2, 0.25) is 0 Å². The van der Waals surface area contributed by atoms with E-state index in [1.54, 1.807) is 0 Å². The molecule has 6 heteroatoms. The van der Waals surface area contributed by atoms with E-state index in [4.69, 9.17) is 5.73 Å². The summed E-state index contributed by atoms with van der Waals surface area (Å²) in [5.41, 5.74) is 9.85. The molecule has 1 amide bonds. The van der Waals surface area contributed by atoms with E-state index < -0.39 is 6.04 Å². The van der Waals surface area contributed by atoms with Gasteiger partial charge in [0.2, 0.25) is 5.91 Å². The maximum atomic E-state index is 12.1. The van der Waals surface area contributed by atoms with Crippen molar-refractivity contribution in [1.82, 2.24) is 5.32 Å². The van der Waals surface area contributed by atoms with E-state index in [1.807, 2.05) is 30.3 Å². The number of carbonyl (C=O) groups is 1. The summed E-state index contributed by atoms with van der Waals surface area (Å²) in [5.74, 6) is -0.0688. The standard InChI is InChI=1S/C20H25N3O.2ClH/c21-18(15-16-7-2-1-3-8-16)20(24)22-12-6-13-23-14-11-17-9-4-5-10-19(17)23;;/h1-5,7-10,18H,6,11-15,21H2,(H,22,24);2*1H. The molecule has 0 fully saturated rings. The van der Waals surface area contributed by atoms with Gasteiger partial charge in [0.1, 0.15) is 0 Å². The number of carbonyl (C=O) groups excluding carboxylic acids is 1. The Bertz CT molecular complexity index is 682.